The maximum Gasteiger partial charge on any atom is 0.287 e. The van der Waals surface area contributed by atoms with E-state index in [1.165, 1.54) is 0 Å². The van der Waals surface area contributed by atoms with Crippen LogP contribution in [0.15, 0.2) is 65.1 Å². The number of carbonyl (C=O) groups is 1. The fraction of sp³-hybridized carbons (Fsp3) is 0.227. The number of hydrogen-bond donors (Lipinski definition) is 1. The Morgan fingerprint density at radius 3 is 2.38 bits per heavy atom. The Morgan fingerprint density at radius 1 is 1.00 bits per heavy atom. The van der Waals surface area contributed by atoms with Crippen molar-refractivity contribution in [2.75, 3.05) is 0 Å². The monoisotopic (exact) mass is 349 g/mol. The van der Waals surface area contributed by atoms with Crippen molar-refractivity contribution < 1.29 is 13.9 Å². The highest BCUT2D eigenvalue weighted by atomic mass is 16.5. The van der Waals surface area contributed by atoms with Gasteiger partial charge >= 0.3 is 0 Å². The number of benzene rings is 2. The number of rotatable bonds is 6. The summed E-state index contributed by atoms with van der Waals surface area (Å²) in [6.07, 6.45) is 0. The van der Waals surface area contributed by atoms with E-state index in [4.69, 9.17) is 9.15 Å². The number of nitrogens with one attached hydrogen (secondary N) is 1. The molecule has 0 bridgehead atoms. The van der Waals surface area contributed by atoms with Crippen LogP contribution < -0.4 is 10.1 Å². The zero-order chi connectivity index (χ0) is 18.5. The molecule has 4 heteroatoms. The fourth-order valence-electron chi connectivity index (χ4n) is 2.84. The molecule has 0 aliphatic carbocycles. The van der Waals surface area contributed by atoms with Crippen LogP contribution >= 0.6 is 0 Å². The highest BCUT2D eigenvalue weighted by Crippen LogP contribution is 2.24. The van der Waals surface area contributed by atoms with Gasteiger partial charge in [0.15, 0.2) is 5.76 Å². The van der Waals surface area contributed by atoms with Gasteiger partial charge in [0.05, 0.1) is 6.04 Å². The maximum absolute atomic E-state index is 12.4. The predicted octanol–water partition coefficient (Wildman–Crippen LogP) is 4.97. The number of carbonyl (C=O) groups excluding carboxylic acids is 1. The van der Waals surface area contributed by atoms with E-state index in [9.17, 15) is 4.79 Å². The van der Waals surface area contributed by atoms with Crippen LogP contribution in [0, 0.1) is 13.8 Å². The Balaban J connectivity index is 1.61. The third-order valence-corrected chi connectivity index (χ3v) is 4.30. The SMILES string of the molecule is Cc1cccc(C)c1OCc1ccc(C(=O)NC(C)c2ccccc2)o1. The number of amides is 1. The lowest BCUT2D eigenvalue weighted by Crippen LogP contribution is -2.26. The van der Waals surface area contributed by atoms with Gasteiger partial charge in [0.1, 0.15) is 18.1 Å². The summed E-state index contributed by atoms with van der Waals surface area (Å²) in [7, 11) is 0. The zero-order valence-electron chi connectivity index (χ0n) is 15.3. The largest absolute Gasteiger partial charge is 0.485 e. The Hall–Kier alpha value is -3.01. The van der Waals surface area contributed by atoms with Crippen LogP contribution in [0.4, 0.5) is 0 Å². The first-order valence-electron chi connectivity index (χ1n) is 8.68. The molecule has 3 aromatic rings. The van der Waals surface area contributed by atoms with E-state index in [0.29, 0.717) is 5.76 Å². The molecule has 0 saturated carbocycles. The zero-order valence-corrected chi connectivity index (χ0v) is 15.3. The molecule has 1 amide bonds. The molecule has 0 aliphatic rings. The minimum absolute atomic E-state index is 0.0943. The second-order valence-corrected chi connectivity index (χ2v) is 6.38. The molecule has 3 rings (SSSR count). The molecule has 0 fully saturated rings. The van der Waals surface area contributed by atoms with Crippen molar-refractivity contribution in [3.8, 4) is 5.75 Å². The summed E-state index contributed by atoms with van der Waals surface area (Å²) >= 11 is 0. The molecule has 0 saturated heterocycles. The minimum atomic E-state index is -0.236. The molecule has 4 nitrogen and oxygen atoms in total. The van der Waals surface area contributed by atoms with Crippen LogP contribution in [0.2, 0.25) is 0 Å². The average molecular weight is 349 g/mol. The van der Waals surface area contributed by atoms with Gasteiger partial charge in [0.2, 0.25) is 0 Å². The van der Waals surface area contributed by atoms with Gasteiger partial charge < -0.3 is 14.5 Å². The fourth-order valence-corrected chi connectivity index (χ4v) is 2.84. The smallest absolute Gasteiger partial charge is 0.287 e. The lowest BCUT2D eigenvalue weighted by molar-refractivity contribution is 0.0907. The predicted molar refractivity (Wildman–Crippen MR) is 101 cm³/mol. The topological polar surface area (TPSA) is 51.5 Å². The summed E-state index contributed by atoms with van der Waals surface area (Å²) in [5.74, 6) is 1.52. The number of aryl methyl sites for hydroxylation is 2. The molecule has 1 atom stereocenters. The van der Waals surface area contributed by atoms with E-state index >= 15 is 0 Å². The molecular formula is C22H23NO3. The molecule has 2 aromatic carbocycles. The third kappa shape index (κ3) is 4.14. The van der Waals surface area contributed by atoms with Crippen LogP contribution in [0.3, 0.4) is 0 Å². The maximum atomic E-state index is 12.4. The van der Waals surface area contributed by atoms with Gasteiger partial charge in [-0.2, -0.15) is 0 Å². The molecule has 1 N–H and O–H groups in total. The van der Waals surface area contributed by atoms with Crippen molar-refractivity contribution in [3.63, 3.8) is 0 Å². The standard InChI is InChI=1S/C22H23NO3/c1-15-8-7-9-16(2)21(15)25-14-19-12-13-20(26-19)22(24)23-17(3)18-10-5-4-6-11-18/h4-13,17H,14H2,1-3H3,(H,23,24). The first-order chi connectivity index (χ1) is 12.5. The van der Waals surface area contributed by atoms with Crippen molar-refractivity contribution in [3.05, 3.63) is 88.9 Å². The second kappa shape index (κ2) is 7.91. The van der Waals surface area contributed by atoms with Crippen LogP contribution in [0.25, 0.3) is 0 Å². The number of ether oxygens (including phenoxy) is 1. The summed E-state index contributed by atoms with van der Waals surface area (Å²) in [6.45, 7) is 6.25. The van der Waals surface area contributed by atoms with E-state index in [2.05, 4.69) is 5.32 Å². The third-order valence-electron chi connectivity index (χ3n) is 4.30. The first kappa shape index (κ1) is 17.8. The van der Waals surface area contributed by atoms with Gasteiger partial charge in [-0.3, -0.25) is 4.79 Å². The average Bonchev–Trinajstić information content (AvgIpc) is 3.11. The molecule has 0 aliphatic heterocycles. The Labute approximate surface area is 153 Å². The lowest BCUT2D eigenvalue weighted by Gasteiger charge is -2.13. The molecular weight excluding hydrogens is 326 g/mol. The summed E-state index contributed by atoms with van der Waals surface area (Å²) in [5, 5.41) is 2.94. The molecule has 1 heterocycles. The van der Waals surface area contributed by atoms with Crippen LogP contribution in [-0.2, 0) is 6.61 Å². The molecule has 1 aromatic heterocycles. The lowest BCUT2D eigenvalue weighted by atomic mass is 10.1. The highest BCUT2D eigenvalue weighted by Gasteiger charge is 2.15. The number of para-hydroxylation sites is 1. The molecule has 0 spiro atoms. The summed E-state index contributed by atoms with van der Waals surface area (Å²) < 4.78 is 11.5. The van der Waals surface area contributed by atoms with Crippen molar-refractivity contribution in [1.82, 2.24) is 5.32 Å². The van der Waals surface area contributed by atoms with Gasteiger partial charge in [0, 0.05) is 0 Å². The van der Waals surface area contributed by atoms with E-state index in [1.54, 1.807) is 12.1 Å². The van der Waals surface area contributed by atoms with Gasteiger partial charge in [-0.25, -0.2) is 0 Å². The van der Waals surface area contributed by atoms with E-state index in [1.807, 2.05) is 69.3 Å². The van der Waals surface area contributed by atoms with Crippen molar-refractivity contribution in [1.29, 1.82) is 0 Å². The van der Waals surface area contributed by atoms with Crippen LogP contribution in [0.1, 0.15) is 46.0 Å². The van der Waals surface area contributed by atoms with Crippen molar-refractivity contribution in [2.24, 2.45) is 0 Å². The number of furan rings is 1. The van der Waals surface area contributed by atoms with Crippen molar-refractivity contribution in [2.45, 2.75) is 33.4 Å². The normalized spacial score (nSPS) is 11.8. The summed E-state index contributed by atoms with van der Waals surface area (Å²) in [4.78, 5) is 12.4. The van der Waals surface area contributed by atoms with Crippen LogP contribution in [0.5, 0.6) is 5.75 Å². The van der Waals surface area contributed by atoms with E-state index in [0.717, 1.165) is 22.4 Å². The Kier molecular flexibility index (Phi) is 5.42. The Bertz CT molecular complexity index is 863. The highest BCUT2D eigenvalue weighted by molar-refractivity contribution is 5.91. The Morgan fingerprint density at radius 2 is 1.69 bits per heavy atom. The summed E-state index contributed by atoms with van der Waals surface area (Å²) in [5.41, 5.74) is 3.20. The second-order valence-electron chi connectivity index (χ2n) is 6.38. The quantitative estimate of drug-likeness (QED) is 0.684. The van der Waals surface area contributed by atoms with Gasteiger partial charge in [-0.1, -0.05) is 48.5 Å². The molecule has 26 heavy (non-hydrogen) atoms. The molecule has 134 valence electrons. The minimum Gasteiger partial charge on any atom is -0.485 e. The van der Waals surface area contributed by atoms with Gasteiger partial charge in [0.25, 0.3) is 5.91 Å². The van der Waals surface area contributed by atoms with E-state index < -0.39 is 0 Å². The summed E-state index contributed by atoms with van der Waals surface area (Å²) in [6, 6.07) is 19.2. The first-order valence-corrected chi connectivity index (χ1v) is 8.68. The van der Waals surface area contributed by atoms with Crippen LogP contribution in [-0.4, -0.2) is 5.91 Å². The van der Waals surface area contributed by atoms with Gasteiger partial charge in [-0.15, -0.1) is 0 Å². The van der Waals surface area contributed by atoms with Crippen molar-refractivity contribution >= 4 is 5.91 Å². The number of hydrogen-bond acceptors (Lipinski definition) is 3. The molecule has 1 unspecified atom stereocenters. The molecule has 0 radical (unpaired) electrons. The van der Waals surface area contributed by atoms with Gasteiger partial charge in [-0.05, 0) is 49.6 Å². The van der Waals surface area contributed by atoms with E-state index in [-0.39, 0.29) is 24.3 Å².